The highest BCUT2D eigenvalue weighted by Gasteiger charge is 2.23. The second kappa shape index (κ2) is 4.70. The first-order chi connectivity index (χ1) is 10.2. The minimum atomic E-state index is -0.313. The maximum atomic E-state index is 12.1. The Kier molecular flexibility index (Phi) is 2.82. The Morgan fingerprint density at radius 1 is 1.29 bits per heavy atom. The predicted molar refractivity (Wildman–Crippen MR) is 84.7 cm³/mol. The maximum absolute atomic E-state index is 12.1. The molecule has 1 aliphatic rings. The van der Waals surface area contributed by atoms with Gasteiger partial charge in [-0.1, -0.05) is 18.2 Å². The van der Waals surface area contributed by atoms with Gasteiger partial charge in [-0.05, 0) is 30.2 Å². The molecule has 21 heavy (non-hydrogen) atoms. The van der Waals surface area contributed by atoms with Crippen molar-refractivity contribution in [3.63, 3.8) is 0 Å². The van der Waals surface area contributed by atoms with E-state index in [1.807, 2.05) is 17.8 Å². The number of benzene rings is 2. The van der Waals surface area contributed by atoms with Gasteiger partial charge in [0.05, 0.1) is 5.52 Å². The van der Waals surface area contributed by atoms with E-state index in [4.69, 9.17) is 10.2 Å². The van der Waals surface area contributed by atoms with Crippen molar-refractivity contribution in [1.82, 2.24) is 4.57 Å². The highest BCUT2D eigenvalue weighted by atomic mass is 32.2. The van der Waals surface area contributed by atoms with Gasteiger partial charge in [-0.3, -0.25) is 4.57 Å². The number of fused-ring (bicyclic) bond motifs is 2. The summed E-state index contributed by atoms with van der Waals surface area (Å²) in [5, 5.41) is 0.360. The number of thioether (sulfide) groups is 1. The molecular weight excluding hydrogens is 284 g/mol. The topological polar surface area (TPSA) is 61.2 Å². The van der Waals surface area contributed by atoms with Crippen LogP contribution in [0.25, 0.3) is 11.1 Å². The fourth-order valence-corrected chi connectivity index (χ4v) is 4.12. The number of nitrogens with two attached hydrogens (primary N) is 1. The number of aromatic nitrogens is 1. The van der Waals surface area contributed by atoms with Crippen LogP contribution >= 0.6 is 11.8 Å². The molecule has 0 radical (unpaired) electrons. The van der Waals surface area contributed by atoms with E-state index in [-0.39, 0.29) is 5.76 Å². The second-order valence-corrected chi connectivity index (χ2v) is 6.60. The zero-order valence-corrected chi connectivity index (χ0v) is 12.1. The summed E-state index contributed by atoms with van der Waals surface area (Å²) in [7, 11) is 0. The van der Waals surface area contributed by atoms with Crippen molar-refractivity contribution in [2.45, 2.75) is 23.1 Å². The molecule has 0 spiro atoms. The molecule has 3 aromatic rings. The van der Waals surface area contributed by atoms with E-state index in [0.29, 0.717) is 23.1 Å². The van der Waals surface area contributed by atoms with Crippen molar-refractivity contribution in [3.05, 3.63) is 58.6 Å². The first kappa shape index (κ1) is 12.6. The summed E-state index contributed by atoms with van der Waals surface area (Å²) < 4.78 is 6.99. The lowest BCUT2D eigenvalue weighted by Crippen LogP contribution is -2.21. The van der Waals surface area contributed by atoms with Crippen LogP contribution < -0.4 is 11.5 Å². The van der Waals surface area contributed by atoms with Gasteiger partial charge in [0.2, 0.25) is 0 Å². The van der Waals surface area contributed by atoms with Gasteiger partial charge in [0, 0.05) is 28.4 Å². The normalized spacial score (nSPS) is 17.2. The summed E-state index contributed by atoms with van der Waals surface area (Å²) >= 11 is 1.83. The quantitative estimate of drug-likeness (QED) is 0.739. The van der Waals surface area contributed by atoms with Gasteiger partial charge in [-0.15, -0.1) is 11.8 Å². The third-order valence-corrected chi connectivity index (χ3v) is 5.09. The van der Waals surface area contributed by atoms with Crippen molar-refractivity contribution in [3.8, 4) is 0 Å². The molecule has 1 aliphatic heterocycles. The molecule has 2 N–H and O–H groups in total. The number of rotatable bonds is 2. The Morgan fingerprint density at radius 3 is 3.00 bits per heavy atom. The molecule has 1 aromatic heterocycles. The molecule has 0 fully saturated rings. The molecule has 0 amide bonds. The first-order valence-corrected chi connectivity index (χ1v) is 7.72. The fraction of sp³-hybridized carbons (Fsp3) is 0.188. The minimum absolute atomic E-state index is 0.313. The molecule has 0 bridgehead atoms. The molecule has 0 saturated carbocycles. The molecule has 0 aliphatic carbocycles. The van der Waals surface area contributed by atoms with Crippen LogP contribution in [-0.2, 0) is 13.0 Å². The number of hydrogen-bond donors (Lipinski definition) is 1. The van der Waals surface area contributed by atoms with Crippen LogP contribution in [0.2, 0.25) is 0 Å². The predicted octanol–water partition coefficient (Wildman–Crippen LogP) is 2.89. The van der Waals surface area contributed by atoms with E-state index in [1.54, 1.807) is 16.7 Å². The Morgan fingerprint density at radius 2 is 2.14 bits per heavy atom. The Balaban J connectivity index is 1.67. The zero-order chi connectivity index (χ0) is 14.4. The summed E-state index contributed by atoms with van der Waals surface area (Å²) in [6.45, 7) is 0.648. The first-order valence-electron chi connectivity index (χ1n) is 6.84. The third-order valence-electron chi connectivity index (χ3n) is 3.79. The number of anilines is 1. The van der Waals surface area contributed by atoms with Crippen molar-refractivity contribution in [1.29, 1.82) is 0 Å². The highest BCUT2D eigenvalue weighted by molar-refractivity contribution is 8.00. The minimum Gasteiger partial charge on any atom is -0.408 e. The standard InChI is InChI=1S/C16H14N2O2S/c17-11-5-6-13-14(8-11)20-16(19)18(13)9-12-7-10-3-1-2-4-15(10)21-12/h1-6,8,12H,7,9,17H2. The lowest BCUT2D eigenvalue weighted by molar-refractivity contribution is 0.501. The number of oxazole rings is 1. The summed E-state index contributed by atoms with van der Waals surface area (Å²) in [4.78, 5) is 13.4. The summed E-state index contributed by atoms with van der Waals surface area (Å²) in [6, 6.07) is 13.7. The monoisotopic (exact) mass is 298 g/mol. The SMILES string of the molecule is Nc1ccc2c(c1)oc(=O)n2CC1Cc2ccccc2S1. The van der Waals surface area contributed by atoms with Gasteiger partial charge >= 0.3 is 5.76 Å². The average molecular weight is 298 g/mol. The summed E-state index contributed by atoms with van der Waals surface area (Å²) in [5.74, 6) is -0.313. The van der Waals surface area contributed by atoms with E-state index in [2.05, 4.69) is 24.3 Å². The molecule has 2 heterocycles. The molecule has 1 atom stereocenters. The van der Waals surface area contributed by atoms with Crippen LogP contribution in [0.15, 0.2) is 56.6 Å². The van der Waals surface area contributed by atoms with Gasteiger partial charge in [-0.2, -0.15) is 0 Å². The molecular formula is C16H14N2O2S. The molecule has 0 saturated heterocycles. The molecule has 4 rings (SSSR count). The number of hydrogen-bond acceptors (Lipinski definition) is 4. The van der Waals surface area contributed by atoms with Gasteiger partial charge in [0.15, 0.2) is 5.58 Å². The van der Waals surface area contributed by atoms with Crippen LogP contribution in [0.4, 0.5) is 5.69 Å². The zero-order valence-electron chi connectivity index (χ0n) is 11.3. The molecule has 4 nitrogen and oxygen atoms in total. The van der Waals surface area contributed by atoms with Gasteiger partial charge in [0.25, 0.3) is 0 Å². The van der Waals surface area contributed by atoms with Gasteiger partial charge < -0.3 is 10.2 Å². The van der Waals surface area contributed by atoms with E-state index in [0.717, 1.165) is 11.9 Å². The number of nitrogen functional groups attached to an aromatic ring is 1. The summed E-state index contributed by atoms with van der Waals surface area (Å²) in [5.41, 5.74) is 9.06. The van der Waals surface area contributed by atoms with Gasteiger partial charge in [0.1, 0.15) is 0 Å². The maximum Gasteiger partial charge on any atom is 0.419 e. The highest BCUT2D eigenvalue weighted by Crippen LogP contribution is 2.37. The van der Waals surface area contributed by atoms with Crippen LogP contribution in [0.1, 0.15) is 5.56 Å². The molecule has 106 valence electrons. The summed E-state index contributed by atoms with van der Waals surface area (Å²) in [6.07, 6.45) is 0.981. The van der Waals surface area contributed by atoms with E-state index in [1.165, 1.54) is 10.5 Å². The van der Waals surface area contributed by atoms with E-state index < -0.39 is 0 Å². The van der Waals surface area contributed by atoms with Crippen molar-refractivity contribution in [2.75, 3.05) is 5.73 Å². The molecule has 1 unspecified atom stereocenters. The van der Waals surface area contributed by atoms with Crippen molar-refractivity contribution in [2.24, 2.45) is 0 Å². The lowest BCUT2D eigenvalue weighted by Gasteiger charge is -2.08. The Labute approximate surface area is 125 Å². The van der Waals surface area contributed by atoms with Crippen LogP contribution in [0.5, 0.6) is 0 Å². The third kappa shape index (κ3) is 2.14. The van der Waals surface area contributed by atoms with Gasteiger partial charge in [-0.25, -0.2) is 4.79 Å². The van der Waals surface area contributed by atoms with Crippen molar-refractivity contribution < 1.29 is 4.42 Å². The largest absolute Gasteiger partial charge is 0.419 e. The number of nitrogens with zero attached hydrogens (tertiary/aromatic N) is 1. The van der Waals surface area contributed by atoms with E-state index in [9.17, 15) is 4.79 Å². The Hall–Kier alpha value is -2.14. The van der Waals surface area contributed by atoms with Crippen LogP contribution in [0.3, 0.4) is 0 Å². The average Bonchev–Trinajstić information content (AvgIpc) is 3.00. The smallest absolute Gasteiger partial charge is 0.408 e. The molecule has 5 heteroatoms. The van der Waals surface area contributed by atoms with Crippen LogP contribution in [-0.4, -0.2) is 9.82 Å². The van der Waals surface area contributed by atoms with E-state index >= 15 is 0 Å². The van der Waals surface area contributed by atoms with Crippen molar-refractivity contribution >= 4 is 28.5 Å². The lowest BCUT2D eigenvalue weighted by atomic mass is 10.1. The molecule has 2 aromatic carbocycles. The Bertz CT molecular complexity index is 856. The fourth-order valence-electron chi connectivity index (χ4n) is 2.82. The van der Waals surface area contributed by atoms with Crippen LogP contribution in [0, 0.1) is 0 Å². The second-order valence-electron chi connectivity index (χ2n) is 5.26.